The van der Waals surface area contributed by atoms with Crippen molar-refractivity contribution >= 4 is 28.4 Å². The molecule has 6 nitrogen and oxygen atoms in total. The monoisotopic (exact) mass is 352 g/mol. The number of thiocarbonyl (C=S) groups is 1. The molecule has 0 spiro atoms. The Morgan fingerprint density at radius 1 is 1.41 bits per heavy atom. The standard InChI is InChI=1S/C14H24O6S2/c1-13(2,15)20-10-6-8(17-12(21)22-5)11(18-10)9-7-16-14(3,4)19-9/h8-11,15H,6-7H2,1-5H3. The fourth-order valence-electron chi connectivity index (χ4n) is 2.53. The van der Waals surface area contributed by atoms with E-state index in [1.54, 1.807) is 13.8 Å². The van der Waals surface area contributed by atoms with Gasteiger partial charge in [0.1, 0.15) is 18.3 Å². The quantitative estimate of drug-likeness (QED) is 0.609. The molecule has 4 unspecified atom stereocenters. The normalized spacial score (nSPS) is 34.8. The summed E-state index contributed by atoms with van der Waals surface area (Å²) in [7, 11) is 0. The summed E-state index contributed by atoms with van der Waals surface area (Å²) in [5, 5.41) is 9.80. The Kier molecular flexibility index (Phi) is 5.75. The van der Waals surface area contributed by atoms with Crippen LogP contribution in [0.5, 0.6) is 0 Å². The van der Waals surface area contributed by atoms with E-state index in [2.05, 4.69) is 0 Å². The van der Waals surface area contributed by atoms with Gasteiger partial charge in [-0.25, -0.2) is 0 Å². The molecular formula is C14H24O6S2. The van der Waals surface area contributed by atoms with E-state index < -0.39 is 17.9 Å². The van der Waals surface area contributed by atoms with Crippen LogP contribution in [-0.2, 0) is 23.7 Å². The summed E-state index contributed by atoms with van der Waals surface area (Å²) < 4.78 is 29.1. The minimum atomic E-state index is -1.28. The second-order valence-electron chi connectivity index (χ2n) is 6.31. The lowest BCUT2D eigenvalue weighted by molar-refractivity contribution is -0.275. The van der Waals surface area contributed by atoms with Crippen molar-refractivity contribution in [1.29, 1.82) is 0 Å². The van der Waals surface area contributed by atoms with Gasteiger partial charge in [0.05, 0.1) is 6.61 Å². The number of ether oxygens (including phenoxy) is 5. The van der Waals surface area contributed by atoms with Gasteiger partial charge in [-0.2, -0.15) is 0 Å². The first-order valence-corrected chi connectivity index (χ1v) is 8.85. The van der Waals surface area contributed by atoms with Crippen LogP contribution >= 0.6 is 24.0 Å². The van der Waals surface area contributed by atoms with Gasteiger partial charge in [0.15, 0.2) is 17.9 Å². The van der Waals surface area contributed by atoms with Crippen LogP contribution in [0.15, 0.2) is 0 Å². The van der Waals surface area contributed by atoms with Crippen LogP contribution in [0.3, 0.4) is 0 Å². The third-order valence-electron chi connectivity index (χ3n) is 3.33. The van der Waals surface area contributed by atoms with Gasteiger partial charge >= 0.3 is 0 Å². The molecule has 0 aromatic rings. The topological polar surface area (TPSA) is 66.4 Å². The Morgan fingerprint density at radius 2 is 2.09 bits per heavy atom. The molecule has 2 aliphatic rings. The first kappa shape index (κ1) is 18.4. The molecule has 2 fully saturated rings. The average molecular weight is 352 g/mol. The lowest BCUT2D eigenvalue weighted by Crippen LogP contribution is -2.39. The molecule has 0 radical (unpaired) electrons. The molecule has 1 N–H and O–H groups in total. The van der Waals surface area contributed by atoms with Crippen molar-refractivity contribution in [2.45, 2.75) is 70.3 Å². The Hall–Kier alpha value is 0.0400. The molecule has 0 bridgehead atoms. The largest absolute Gasteiger partial charge is 0.472 e. The van der Waals surface area contributed by atoms with Gasteiger partial charge in [-0.1, -0.05) is 11.8 Å². The molecule has 2 rings (SSSR count). The highest BCUT2D eigenvalue weighted by molar-refractivity contribution is 8.22. The number of hydrogen-bond donors (Lipinski definition) is 1. The molecule has 0 amide bonds. The van der Waals surface area contributed by atoms with Crippen molar-refractivity contribution in [2.24, 2.45) is 0 Å². The van der Waals surface area contributed by atoms with Crippen molar-refractivity contribution in [3.8, 4) is 0 Å². The van der Waals surface area contributed by atoms with E-state index in [0.717, 1.165) is 0 Å². The minimum Gasteiger partial charge on any atom is -0.472 e. The van der Waals surface area contributed by atoms with Crippen LogP contribution < -0.4 is 0 Å². The van der Waals surface area contributed by atoms with Crippen molar-refractivity contribution in [2.75, 3.05) is 12.9 Å². The highest BCUT2D eigenvalue weighted by Crippen LogP contribution is 2.35. The lowest BCUT2D eigenvalue weighted by Gasteiger charge is -2.26. The summed E-state index contributed by atoms with van der Waals surface area (Å²) in [5.41, 5.74) is 0. The number of aliphatic hydroxyl groups is 1. The Labute approximate surface area is 140 Å². The second-order valence-corrected chi connectivity index (χ2v) is 7.72. The molecule has 2 heterocycles. The van der Waals surface area contributed by atoms with Gasteiger partial charge in [-0.3, -0.25) is 0 Å². The van der Waals surface area contributed by atoms with Crippen LogP contribution in [0.2, 0.25) is 0 Å². The smallest absolute Gasteiger partial charge is 0.220 e. The van der Waals surface area contributed by atoms with Gasteiger partial charge < -0.3 is 28.8 Å². The molecular weight excluding hydrogens is 328 g/mol. The molecule has 0 saturated carbocycles. The Balaban J connectivity index is 2.04. The summed E-state index contributed by atoms with van der Waals surface area (Å²) in [6, 6.07) is 0. The molecule has 128 valence electrons. The van der Waals surface area contributed by atoms with Gasteiger partial charge in [0.2, 0.25) is 4.38 Å². The minimum absolute atomic E-state index is 0.264. The summed E-state index contributed by atoms with van der Waals surface area (Å²) >= 11 is 6.50. The van der Waals surface area contributed by atoms with Crippen LogP contribution in [0.1, 0.15) is 34.1 Å². The van der Waals surface area contributed by atoms with E-state index in [0.29, 0.717) is 17.4 Å². The molecule has 0 aromatic heterocycles. The predicted octanol–water partition coefficient (Wildman–Crippen LogP) is 2.03. The number of thioether (sulfide) groups is 1. The van der Waals surface area contributed by atoms with E-state index in [1.165, 1.54) is 11.8 Å². The highest BCUT2D eigenvalue weighted by Gasteiger charge is 2.48. The van der Waals surface area contributed by atoms with Crippen molar-refractivity contribution < 1.29 is 28.8 Å². The second kappa shape index (κ2) is 6.88. The fraction of sp³-hybridized carbons (Fsp3) is 0.929. The molecule has 22 heavy (non-hydrogen) atoms. The van der Waals surface area contributed by atoms with E-state index in [9.17, 15) is 5.11 Å². The number of rotatable bonds is 4. The van der Waals surface area contributed by atoms with E-state index in [-0.39, 0.29) is 18.3 Å². The molecule has 0 aromatic carbocycles. The van der Waals surface area contributed by atoms with Gasteiger partial charge in [-0.15, -0.1) is 0 Å². The third kappa shape index (κ3) is 5.02. The maximum Gasteiger partial charge on any atom is 0.220 e. The number of hydrogen-bond acceptors (Lipinski definition) is 8. The first-order valence-electron chi connectivity index (χ1n) is 7.22. The van der Waals surface area contributed by atoms with Crippen molar-refractivity contribution in [3.05, 3.63) is 0 Å². The SMILES string of the molecule is CSC(=S)OC1CC(OC(C)(C)O)OC1C1COC(C)(C)O1. The average Bonchev–Trinajstić information content (AvgIpc) is 2.90. The molecule has 0 aliphatic carbocycles. The predicted molar refractivity (Wildman–Crippen MR) is 86.6 cm³/mol. The van der Waals surface area contributed by atoms with Gasteiger partial charge in [0.25, 0.3) is 0 Å². The van der Waals surface area contributed by atoms with Crippen LogP contribution in [0.25, 0.3) is 0 Å². The van der Waals surface area contributed by atoms with Crippen molar-refractivity contribution in [1.82, 2.24) is 0 Å². The highest BCUT2D eigenvalue weighted by atomic mass is 32.2. The zero-order chi connectivity index (χ0) is 16.5. The zero-order valence-electron chi connectivity index (χ0n) is 13.5. The Morgan fingerprint density at radius 3 is 2.59 bits per heavy atom. The molecule has 2 aliphatic heterocycles. The maximum absolute atomic E-state index is 9.80. The molecule has 2 saturated heterocycles. The fourth-order valence-corrected chi connectivity index (χ4v) is 2.87. The Bertz CT molecular complexity index is 409. The van der Waals surface area contributed by atoms with Crippen LogP contribution in [0.4, 0.5) is 0 Å². The van der Waals surface area contributed by atoms with Gasteiger partial charge in [0, 0.05) is 6.42 Å². The van der Waals surface area contributed by atoms with Crippen LogP contribution in [0, 0.1) is 0 Å². The third-order valence-corrected chi connectivity index (χ3v) is 4.36. The molecule has 4 atom stereocenters. The summed E-state index contributed by atoms with van der Waals surface area (Å²) in [6.45, 7) is 7.25. The van der Waals surface area contributed by atoms with Crippen LogP contribution in [-0.4, -0.2) is 58.5 Å². The summed E-state index contributed by atoms with van der Waals surface area (Å²) in [5.74, 6) is -1.93. The zero-order valence-corrected chi connectivity index (χ0v) is 15.2. The summed E-state index contributed by atoms with van der Waals surface area (Å²) in [4.78, 5) is 0. The maximum atomic E-state index is 9.80. The first-order chi connectivity index (χ1) is 10.1. The van der Waals surface area contributed by atoms with E-state index in [4.69, 9.17) is 35.9 Å². The van der Waals surface area contributed by atoms with E-state index >= 15 is 0 Å². The summed E-state index contributed by atoms with van der Waals surface area (Å²) in [6.07, 6.45) is 0.826. The molecule has 8 heteroatoms. The van der Waals surface area contributed by atoms with Crippen molar-refractivity contribution in [3.63, 3.8) is 0 Å². The van der Waals surface area contributed by atoms with Gasteiger partial charge in [-0.05, 0) is 46.2 Å². The van der Waals surface area contributed by atoms with E-state index in [1.807, 2.05) is 20.1 Å². The lowest BCUT2D eigenvalue weighted by atomic mass is 10.1.